The van der Waals surface area contributed by atoms with Gasteiger partial charge in [0.05, 0.1) is 12.4 Å². The predicted octanol–water partition coefficient (Wildman–Crippen LogP) is 0.871. The summed E-state index contributed by atoms with van der Waals surface area (Å²) in [6, 6.07) is 0. The van der Waals surface area contributed by atoms with Crippen molar-refractivity contribution in [3.63, 3.8) is 0 Å². The Morgan fingerprint density at radius 3 is 3.07 bits per heavy atom. The predicted molar refractivity (Wildman–Crippen MR) is 53.1 cm³/mol. The zero-order chi connectivity index (χ0) is 9.97. The van der Waals surface area contributed by atoms with Crippen molar-refractivity contribution >= 4 is 5.84 Å². The lowest BCUT2D eigenvalue weighted by Gasteiger charge is -2.16. The van der Waals surface area contributed by atoms with Crippen molar-refractivity contribution in [1.82, 2.24) is 19.7 Å². The van der Waals surface area contributed by atoms with E-state index in [4.69, 9.17) is 5.41 Å². The highest BCUT2D eigenvalue weighted by molar-refractivity contribution is 5.80. The lowest BCUT2D eigenvalue weighted by Crippen LogP contribution is -2.25. The molecule has 5 nitrogen and oxygen atoms in total. The molecule has 14 heavy (non-hydrogen) atoms. The summed E-state index contributed by atoms with van der Waals surface area (Å²) in [6.45, 7) is 4.67. The molecule has 2 rings (SSSR count). The van der Waals surface area contributed by atoms with Gasteiger partial charge in [-0.25, -0.2) is 0 Å². The number of amidine groups is 1. The Balaban J connectivity index is 2.06. The molecule has 0 saturated carbocycles. The molecular weight excluding hydrogens is 178 g/mol. The van der Waals surface area contributed by atoms with Crippen molar-refractivity contribution < 1.29 is 0 Å². The number of hydrogen-bond donors (Lipinski definition) is 1. The molecular formula is C9H15N5. The Morgan fingerprint density at radius 2 is 2.43 bits per heavy atom. The Bertz CT molecular complexity index is 330. The van der Waals surface area contributed by atoms with Gasteiger partial charge in [-0.3, -0.25) is 5.41 Å². The lowest BCUT2D eigenvalue weighted by molar-refractivity contribution is 0.421. The molecule has 2 heterocycles. The van der Waals surface area contributed by atoms with Crippen molar-refractivity contribution in [2.45, 2.75) is 32.9 Å². The third-order valence-electron chi connectivity index (χ3n) is 2.59. The minimum absolute atomic E-state index is 0.729. The van der Waals surface area contributed by atoms with Gasteiger partial charge in [0.1, 0.15) is 6.33 Å². The van der Waals surface area contributed by atoms with E-state index in [1.165, 1.54) is 0 Å². The molecule has 1 aromatic rings. The summed E-state index contributed by atoms with van der Waals surface area (Å²) in [5.74, 6) is 1.69. The fraction of sp³-hybridized carbons (Fsp3) is 0.667. The molecule has 76 valence electrons. The maximum absolute atomic E-state index is 7.70. The van der Waals surface area contributed by atoms with Crippen LogP contribution in [0.4, 0.5) is 0 Å². The van der Waals surface area contributed by atoms with E-state index in [-0.39, 0.29) is 0 Å². The maximum Gasteiger partial charge on any atom is 0.152 e. The minimum Gasteiger partial charge on any atom is -0.353 e. The van der Waals surface area contributed by atoms with Crippen LogP contribution in [0.3, 0.4) is 0 Å². The normalized spacial score (nSPS) is 16.6. The molecule has 0 atom stereocenters. The summed E-state index contributed by atoms with van der Waals surface area (Å²) < 4.78 is 2.02. The first kappa shape index (κ1) is 9.18. The number of aryl methyl sites for hydroxylation is 1. The van der Waals surface area contributed by atoms with E-state index in [0.717, 1.165) is 44.1 Å². The summed E-state index contributed by atoms with van der Waals surface area (Å²) in [6.07, 6.45) is 3.74. The second kappa shape index (κ2) is 3.77. The average Bonchev–Trinajstić information content (AvgIpc) is 2.77. The van der Waals surface area contributed by atoms with Gasteiger partial charge in [-0.05, 0) is 13.3 Å². The van der Waals surface area contributed by atoms with E-state index in [1.807, 2.05) is 4.57 Å². The smallest absolute Gasteiger partial charge is 0.152 e. The molecule has 0 unspecified atom stereocenters. The second-order valence-corrected chi connectivity index (χ2v) is 3.50. The van der Waals surface area contributed by atoms with Gasteiger partial charge in [0.2, 0.25) is 0 Å². The van der Waals surface area contributed by atoms with Crippen LogP contribution in [0.2, 0.25) is 0 Å². The Morgan fingerprint density at radius 1 is 1.57 bits per heavy atom. The maximum atomic E-state index is 7.70. The third kappa shape index (κ3) is 1.62. The van der Waals surface area contributed by atoms with E-state index < -0.39 is 0 Å². The molecule has 1 aromatic heterocycles. The molecule has 5 heteroatoms. The average molecular weight is 193 g/mol. The zero-order valence-electron chi connectivity index (χ0n) is 8.40. The molecule has 1 saturated heterocycles. The second-order valence-electron chi connectivity index (χ2n) is 3.50. The van der Waals surface area contributed by atoms with Gasteiger partial charge in [0.25, 0.3) is 0 Å². The van der Waals surface area contributed by atoms with Crippen LogP contribution in [0.15, 0.2) is 6.33 Å². The molecule has 0 aromatic carbocycles. The van der Waals surface area contributed by atoms with Crippen molar-refractivity contribution in [2.75, 3.05) is 6.54 Å². The van der Waals surface area contributed by atoms with Crippen LogP contribution in [0.5, 0.6) is 0 Å². The molecule has 0 radical (unpaired) electrons. The Hall–Kier alpha value is -1.39. The van der Waals surface area contributed by atoms with E-state index in [0.29, 0.717) is 0 Å². The highest BCUT2D eigenvalue weighted by atomic mass is 15.3. The molecule has 0 bridgehead atoms. The first-order valence-electron chi connectivity index (χ1n) is 5.00. The number of nitrogens with one attached hydrogen (secondary N) is 1. The SMILES string of the molecule is CCn1cnnc1CN1CCCC1=N. The monoisotopic (exact) mass is 193 g/mol. The zero-order valence-corrected chi connectivity index (χ0v) is 8.40. The van der Waals surface area contributed by atoms with Crippen LogP contribution >= 0.6 is 0 Å². The van der Waals surface area contributed by atoms with Crippen LogP contribution in [-0.2, 0) is 13.1 Å². The van der Waals surface area contributed by atoms with Crippen LogP contribution in [0, 0.1) is 5.41 Å². The first-order chi connectivity index (χ1) is 6.81. The highest BCUT2D eigenvalue weighted by Crippen LogP contribution is 2.12. The number of hydrogen-bond acceptors (Lipinski definition) is 3. The molecule has 1 aliphatic rings. The van der Waals surface area contributed by atoms with Gasteiger partial charge in [-0.15, -0.1) is 10.2 Å². The van der Waals surface area contributed by atoms with Crippen molar-refractivity contribution in [3.8, 4) is 0 Å². The molecule has 0 amide bonds. The number of nitrogens with zero attached hydrogens (tertiary/aromatic N) is 4. The lowest BCUT2D eigenvalue weighted by atomic mass is 10.4. The molecule has 0 aliphatic carbocycles. The van der Waals surface area contributed by atoms with E-state index in [9.17, 15) is 0 Å². The van der Waals surface area contributed by atoms with Crippen molar-refractivity contribution in [1.29, 1.82) is 5.41 Å². The van der Waals surface area contributed by atoms with Gasteiger partial charge < -0.3 is 9.47 Å². The van der Waals surface area contributed by atoms with Crippen LogP contribution < -0.4 is 0 Å². The highest BCUT2D eigenvalue weighted by Gasteiger charge is 2.18. The fourth-order valence-electron chi connectivity index (χ4n) is 1.74. The van der Waals surface area contributed by atoms with Gasteiger partial charge in [-0.2, -0.15) is 0 Å². The standard InChI is InChI=1S/C9H15N5/c1-2-13-7-11-12-9(13)6-14-5-3-4-8(14)10/h7,10H,2-6H2,1H3. The van der Waals surface area contributed by atoms with Gasteiger partial charge in [0, 0.05) is 19.5 Å². The van der Waals surface area contributed by atoms with E-state index >= 15 is 0 Å². The number of rotatable bonds is 3. The van der Waals surface area contributed by atoms with Crippen LogP contribution in [-0.4, -0.2) is 32.0 Å². The first-order valence-corrected chi connectivity index (χ1v) is 5.00. The summed E-state index contributed by atoms with van der Waals surface area (Å²) in [5, 5.41) is 15.6. The van der Waals surface area contributed by atoms with Crippen molar-refractivity contribution in [3.05, 3.63) is 12.2 Å². The largest absolute Gasteiger partial charge is 0.353 e. The summed E-state index contributed by atoms with van der Waals surface area (Å²) in [4.78, 5) is 2.07. The molecule has 1 fully saturated rings. The summed E-state index contributed by atoms with van der Waals surface area (Å²) in [7, 11) is 0. The fourth-order valence-corrected chi connectivity index (χ4v) is 1.74. The molecule has 1 aliphatic heterocycles. The summed E-state index contributed by atoms with van der Waals surface area (Å²) >= 11 is 0. The molecule has 1 N–H and O–H groups in total. The van der Waals surface area contributed by atoms with Crippen molar-refractivity contribution in [2.24, 2.45) is 0 Å². The van der Waals surface area contributed by atoms with Crippen LogP contribution in [0.1, 0.15) is 25.6 Å². The van der Waals surface area contributed by atoms with E-state index in [2.05, 4.69) is 22.0 Å². The topological polar surface area (TPSA) is 57.8 Å². The number of aromatic nitrogens is 3. The Kier molecular flexibility index (Phi) is 2.47. The Labute approximate surface area is 83.3 Å². The third-order valence-corrected chi connectivity index (χ3v) is 2.59. The van der Waals surface area contributed by atoms with Gasteiger partial charge in [-0.1, -0.05) is 0 Å². The summed E-state index contributed by atoms with van der Waals surface area (Å²) in [5.41, 5.74) is 0. The minimum atomic E-state index is 0.729. The van der Waals surface area contributed by atoms with Crippen LogP contribution in [0.25, 0.3) is 0 Å². The molecule has 0 spiro atoms. The van der Waals surface area contributed by atoms with Gasteiger partial charge in [0.15, 0.2) is 5.82 Å². The quantitative estimate of drug-likeness (QED) is 0.775. The van der Waals surface area contributed by atoms with Gasteiger partial charge >= 0.3 is 0 Å². The van der Waals surface area contributed by atoms with E-state index in [1.54, 1.807) is 6.33 Å². The number of likely N-dealkylation sites (tertiary alicyclic amines) is 1.